The normalized spacial score (nSPS) is 12.8. The van der Waals surface area contributed by atoms with Crippen LogP contribution in [0.4, 0.5) is 0 Å². The molecule has 0 saturated carbocycles. The van der Waals surface area contributed by atoms with Gasteiger partial charge in [0.15, 0.2) is 0 Å². The molecule has 3 heteroatoms. The second kappa shape index (κ2) is 4.34. The molecule has 90 valence electrons. The van der Waals surface area contributed by atoms with Crippen LogP contribution < -0.4 is 5.73 Å². The molecule has 1 aromatic carbocycles. The van der Waals surface area contributed by atoms with Crippen molar-refractivity contribution in [1.82, 2.24) is 9.78 Å². The Labute approximate surface area is 102 Å². The van der Waals surface area contributed by atoms with Gasteiger partial charge in [0.2, 0.25) is 0 Å². The van der Waals surface area contributed by atoms with Crippen molar-refractivity contribution in [3.8, 4) is 11.1 Å². The fourth-order valence-corrected chi connectivity index (χ4v) is 2.29. The summed E-state index contributed by atoms with van der Waals surface area (Å²) in [5, 5.41) is 4.46. The fraction of sp³-hybridized carbons (Fsp3) is 0.357. The second-order valence-corrected chi connectivity index (χ2v) is 4.55. The first-order valence-electron chi connectivity index (χ1n) is 5.87. The number of nitrogens with zero attached hydrogens (tertiary/aromatic N) is 2. The van der Waals surface area contributed by atoms with Gasteiger partial charge in [0.25, 0.3) is 0 Å². The summed E-state index contributed by atoms with van der Waals surface area (Å²) in [6.07, 6.45) is 0. The van der Waals surface area contributed by atoms with Crippen molar-refractivity contribution in [2.45, 2.75) is 26.8 Å². The van der Waals surface area contributed by atoms with Gasteiger partial charge in [0, 0.05) is 24.3 Å². The Morgan fingerprint density at radius 3 is 2.41 bits per heavy atom. The summed E-state index contributed by atoms with van der Waals surface area (Å²) in [7, 11) is 1.97. The lowest BCUT2D eigenvalue weighted by Gasteiger charge is -2.13. The van der Waals surface area contributed by atoms with Crippen LogP contribution >= 0.6 is 0 Å². The lowest BCUT2D eigenvalue weighted by Crippen LogP contribution is -2.06. The summed E-state index contributed by atoms with van der Waals surface area (Å²) in [5.41, 5.74) is 11.8. The van der Waals surface area contributed by atoms with E-state index in [-0.39, 0.29) is 6.04 Å². The number of hydrogen-bond acceptors (Lipinski definition) is 2. The second-order valence-electron chi connectivity index (χ2n) is 4.55. The highest BCUT2D eigenvalue weighted by Gasteiger charge is 2.15. The topological polar surface area (TPSA) is 43.8 Å². The van der Waals surface area contributed by atoms with E-state index >= 15 is 0 Å². The van der Waals surface area contributed by atoms with Crippen molar-refractivity contribution in [3.05, 3.63) is 41.2 Å². The highest BCUT2D eigenvalue weighted by Crippen LogP contribution is 2.31. The van der Waals surface area contributed by atoms with E-state index in [4.69, 9.17) is 5.73 Å². The zero-order valence-electron chi connectivity index (χ0n) is 10.9. The third-order valence-corrected chi connectivity index (χ3v) is 3.23. The van der Waals surface area contributed by atoms with Crippen LogP contribution in [0.3, 0.4) is 0 Å². The summed E-state index contributed by atoms with van der Waals surface area (Å²) < 4.78 is 1.92. The summed E-state index contributed by atoms with van der Waals surface area (Å²) in [6, 6.07) is 8.32. The molecule has 0 spiro atoms. The molecular formula is C14H19N3. The van der Waals surface area contributed by atoms with Gasteiger partial charge in [-0.15, -0.1) is 0 Å². The minimum absolute atomic E-state index is 0.0326. The van der Waals surface area contributed by atoms with Crippen molar-refractivity contribution >= 4 is 0 Å². The van der Waals surface area contributed by atoms with Gasteiger partial charge in [0.05, 0.1) is 5.69 Å². The van der Waals surface area contributed by atoms with Crippen LogP contribution in [-0.2, 0) is 7.05 Å². The quantitative estimate of drug-likeness (QED) is 0.860. The predicted octanol–water partition coefficient (Wildman–Crippen LogP) is 2.72. The van der Waals surface area contributed by atoms with Crippen molar-refractivity contribution in [2.24, 2.45) is 12.8 Å². The van der Waals surface area contributed by atoms with E-state index in [0.29, 0.717) is 0 Å². The Balaban J connectivity index is 2.68. The maximum Gasteiger partial charge on any atom is 0.0674 e. The average Bonchev–Trinajstić information content (AvgIpc) is 2.53. The molecule has 0 saturated heterocycles. The van der Waals surface area contributed by atoms with Crippen LogP contribution in [0, 0.1) is 13.8 Å². The van der Waals surface area contributed by atoms with Crippen molar-refractivity contribution in [1.29, 1.82) is 0 Å². The van der Waals surface area contributed by atoms with Gasteiger partial charge in [-0.1, -0.05) is 24.3 Å². The highest BCUT2D eigenvalue weighted by molar-refractivity contribution is 5.72. The molecule has 1 heterocycles. The summed E-state index contributed by atoms with van der Waals surface area (Å²) >= 11 is 0. The molecule has 0 amide bonds. The Bertz CT molecular complexity index is 538. The summed E-state index contributed by atoms with van der Waals surface area (Å²) in [6.45, 7) is 6.15. The van der Waals surface area contributed by atoms with Gasteiger partial charge in [-0.05, 0) is 31.9 Å². The molecule has 2 N–H and O–H groups in total. The largest absolute Gasteiger partial charge is 0.324 e. The number of rotatable bonds is 2. The average molecular weight is 229 g/mol. The molecule has 0 aliphatic rings. The number of hydrogen-bond donors (Lipinski definition) is 1. The molecular weight excluding hydrogens is 210 g/mol. The number of aromatic nitrogens is 2. The van der Waals surface area contributed by atoms with Crippen LogP contribution in [0.2, 0.25) is 0 Å². The third-order valence-electron chi connectivity index (χ3n) is 3.23. The van der Waals surface area contributed by atoms with Gasteiger partial charge < -0.3 is 5.73 Å². The van der Waals surface area contributed by atoms with Crippen molar-refractivity contribution in [2.75, 3.05) is 0 Å². The molecule has 0 radical (unpaired) electrons. The molecule has 0 fully saturated rings. The molecule has 2 rings (SSSR count). The first-order chi connectivity index (χ1) is 8.02. The minimum Gasteiger partial charge on any atom is -0.324 e. The van der Waals surface area contributed by atoms with E-state index in [9.17, 15) is 0 Å². The maximum atomic E-state index is 6.03. The molecule has 0 aliphatic carbocycles. The monoisotopic (exact) mass is 229 g/mol. The van der Waals surface area contributed by atoms with Gasteiger partial charge >= 0.3 is 0 Å². The third kappa shape index (κ3) is 1.98. The number of nitrogens with two attached hydrogens (primary N) is 1. The van der Waals surface area contributed by atoms with Gasteiger partial charge in [0.1, 0.15) is 0 Å². The molecule has 0 bridgehead atoms. The Morgan fingerprint density at radius 2 is 1.88 bits per heavy atom. The van der Waals surface area contributed by atoms with Crippen LogP contribution in [0.15, 0.2) is 24.3 Å². The maximum absolute atomic E-state index is 6.03. The summed E-state index contributed by atoms with van der Waals surface area (Å²) in [5.74, 6) is 0. The van der Waals surface area contributed by atoms with E-state index in [1.807, 2.05) is 37.7 Å². The minimum atomic E-state index is 0.0326. The lowest BCUT2D eigenvalue weighted by atomic mass is 9.95. The highest BCUT2D eigenvalue weighted by atomic mass is 15.3. The molecule has 3 nitrogen and oxygen atoms in total. The van der Waals surface area contributed by atoms with Crippen LogP contribution in [-0.4, -0.2) is 9.78 Å². The van der Waals surface area contributed by atoms with Crippen LogP contribution in [0.5, 0.6) is 0 Å². The Hall–Kier alpha value is -1.61. The number of aryl methyl sites for hydroxylation is 2. The van der Waals surface area contributed by atoms with Gasteiger partial charge in [-0.25, -0.2) is 0 Å². The Kier molecular flexibility index (Phi) is 3.03. The molecule has 2 aromatic rings. The SMILES string of the molecule is Cc1nn(C)c(C)c1-c1ccccc1C(C)N. The van der Waals surface area contributed by atoms with E-state index < -0.39 is 0 Å². The number of benzene rings is 1. The summed E-state index contributed by atoms with van der Waals surface area (Å²) in [4.78, 5) is 0. The van der Waals surface area contributed by atoms with Gasteiger partial charge in [-0.2, -0.15) is 5.10 Å². The van der Waals surface area contributed by atoms with Crippen LogP contribution in [0.25, 0.3) is 11.1 Å². The van der Waals surface area contributed by atoms with Gasteiger partial charge in [-0.3, -0.25) is 4.68 Å². The first-order valence-corrected chi connectivity index (χ1v) is 5.87. The molecule has 0 aliphatic heterocycles. The smallest absolute Gasteiger partial charge is 0.0674 e. The van der Waals surface area contributed by atoms with E-state index in [2.05, 4.69) is 24.2 Å². The van der Waals surface area contributed by atoms with E-state index in [1.54, 1.807) is 0 Å². The molecule has 1 unspecified atom stereocenters. The van der Waals surface area contributed by atoms with Crippen LogP contribution in [0.1, 0.15) is 29.9 Å². The van der Waals surface area contributed by atoms with E-state index in [0.717, 1.165) is 5.69 Å². The zero-order chi connectivity index (χ0) is 12.6. The molecule has 1 atom stereocenters. The van der Waals surface area contributed by atoms with Crippen molar-refractivity contribution in [3.63, 3.8) is 0 Å². The fourth-order valence-electron chi connectivity index (χ4n) is 2.29. The predicted molar refractivity (Wildman–Crippen MR) is 70.7 cm³/mol. The molecule has 1 aromatic heterocycles. The Morgan fingerprint density at radius 1 is 1.24 bits per heavy atom. The first kappa shape index (κ1) is 11.9. The standard InChI is InChI=1S/C14H19N3/c1-9(15)12-7-5-6-8-13(12)14-10(2)16-17(4)11(14)3/h5-9H,15H2,1-4H3. The van der Waals surface area contributed by atoms with Crippen molar-refractivity contribution < 1.29 is 0 Å². The lowest BCUT2D eigenvalue weighted by molar-refractivity contribution is 0.731. The zero-order valence-corrected chi connectivity index (χ0v) is 10.9. The van der Waals surface area contributed by atoms with E-state index in [1.165, 1.54) is 22.4 Å². The molecule has 17 heavy (non-hydrogen) atoms.